The fraction of sp³-hybridized carbons (Fsp3) is 0.292. The number of nitrogens with zero attached hydrogens (tertiary/aromatic N) is 3. The minimum atomic E-state index is -0.473. The molecule has 1 aliphatic heterocycles. The highest BCUT2D eigenvalue weighted by molar-refractivity contribution is 5.90. The third-order valence-electron chi connectivity index (χ3n) is 5.26. The second-order valence-corrected chi connectivity index (χ2v) is 7.41. The van der Waals surface area contributed by atoms with Gasteiger partial charge in [-0.15, -0.1) is 0 Å². The van der Waals surface area contributed by atoms with Gasteiger partial charge in [0, 0.05) is 18.5 Å². The average Bonchev–Trinajstić information content (AvgIpc) is 3.18. The van der Waals surface area contributed by atoms with Crippen LogP contribution < -0.4 is 4.74 Å². The van der Waals surface area contributed by atoms with E-state index in [0.717, 1.165) is 22.5 Å². The van der Waals surface area contributed by atoms with Crippen LogP contribution in [0.1, 0.15) is 34.2 Å². The molecule has 0 spiro atoms. The fourth-order valence-corrected chi connectivity index (χ4v) is 3.65. The second kappa shape index (κ2) is 9.04. The Morgan fingerprint density at radius 3 is 2.52 bits per heavy atom. The number of hydrogen-bond acceptors (Lipinski definition) is 5. The van der Waals surface area contributed by atoms with E-state index in [9.17, 15) is 9.59 Å². The van der Waals surface area contributed by atoms with Crippen LogP contribution >= 0.6 is 0 Å². The van der Waals surface area contributed by atoms with Crippen LogP contribution in [0.2, 0.25) is 0 Å². The molecule has 1 aromatic heterocycles. The third-order valence-corrected chi connectivity index (χ3v) is 5.26. The van der Waals surface area contributed by atoms with Crippen molar-refractivity contribution in [3.8, 4) is 11.4 Å². The maximum Gasteiger partial charge on any atom is 0.359 e. The predicted molar refractivity (Wildman–Crippen MR) is 115 cm³/mol. The molecule has 0 N–H and O–H groups in total. The second-order valence-electron chi connectivity index (χ2n) is 7.41. The Labute approximate surface area is 181 Å². The molecule has 2 aromatic carbocycles. The summed E-state index contributed by atoms with van der Waals surface area (Å²) in [6, 6.07) is 17.2. The van der Waals surface area contributed by atoms with E-state index in [1.165, 1.54) is 0 Å². The molecule has 1 aliphatic rings. The maximum atomic E-state index is 12.8. The van der Waals surface area contributed by atoms with Crippen LogP contribution in [0.15, 0.2) is 54.6 Å². The van der Waals surface area contributed by atoms with Crippen molar-refractivity contribution in [2.75, 3.05) is 19.8 Å². The smallest absolute Gasteiger partial charge is 0.359 e. The lowest BCUT2D eigenvalue weighted by Gasteiger charge is -2.27. The number of ether oxygens (including phenoxy) is 2. The molecule has 3 aromatic rings. The number of aryl methyl sites for hydroxylation is 1. The van der Waals surface area contributed by atoms with Gasteiger partial charge in [0.1, 0.15) is 5.75 Å². The van der Waals surface area contributed by atoms with Crippen molar-refractivity contribution in [3.05, 3.63) is 77.1 Å². The van der Waals surface area contributed by atoms with Gasteiger partial charge in [-0.05, 0) is 38.1 Å². The molecular formula is C24H25N3O4. The number of carbonyl (C=O) groups excluding carboxylic acids is 2. The molecular weight excluding hydrogens is 394 g/mol. The average molecular weight is 419 g/mol. The summed E-state index contributed by atoms with van der Waals surface area (Å²) >= 11 is 0. The van der Waals surface area contributed by atoms with E-state index in [0.29, 0.717) is 25.3 Å². The van der Waals surface area contributed by atoms with Crippen molar-refractivity contribution < 1.29 is 19.1 Å². The van der Waals surface area contributed by atoms with Gasteiger partial charge >= 0.3 is 5.97 Å². The SMILES string of the molecule is CCOC(=O)c1nn(-c2ccc(C)cc2)c2c1CN(C(=O)COc1ccccc1)CC2. The van der Waals surface area contributed by atoms with Crippen molar-refractivity contribution in [1.82, 2.24) is 14.7 Å². The first kappa shape index (κ1) is 20.7. The molecule has 31 heavy (non-hydrogen) atoms. The van der Waals surface area contributed by atoms with Gasteiger partial charge in [0.25, 0.3) is 5.91 Å². The van der Waals surface area contributed by atoms with Crippen molar-refractivity contribution in [1.29, 1.82) is 0 Å². The van der Waals surface area contributed by atoms with Gasteiger partial charge in [-0.3, -0.25) is 4.79 Å². The van der Waals surface area contributed by atoms with E-state index < -0.39 is 5.97 Å². The Hall–Kier alpha value is -3.61. The molecule has 0 saturated heterocycles. The Bertz CT molecular complexity index is 1070. The molecule has 160 valence electrons. The summed E-state index contributed by atoms with van der Waals surface area (Å²) < 4.78 is 12.6. The van der Waals surface area contributed by atoms with Crippen LogP contribution in [0.3, 0.4) is 0 Å². The van der Waals surface area contributed by atoms with Crippen molar-refractivity contribution in [3.63, 3.8) is 0 Å². The van der Waals surface area contributed by atoms with Crippen LogP contribution in [0, 0.1) is 6.92 Å². The van der Waals surface area contributed by atoms with E-state index in [1.807, 2.05) is 61.5 Å². The van der Waals surface area contributed by atoms with Crippen LogP contribution in [0.5, 0.6) is 5.75 Å². The first-order valence-electron chi connectivity index (χ1n) is 10.4. The molecule has 0 atom stereocenters. The molecule has 1 amide bonds. The number of fused-ring (bicyclic) bond motifs is 1. The molecule has 0 fully saturated rings. The number of esters is 1. The summed E-state index contributed by atoms with van der Waals surface area (Å²) in [4.78, 5) is 27.0. The van der Waals surface area contributed by atoms with E-state index in [2.05, 4.69) is 5.10 Å². The zero-order chi connectivity index (χ0) is 21.8. The molecule has 4 rings (SSSR count). The van der Waals surface area contributed by atoms with Gasteiger partial charge in [0.15, 0.2) is 12.3 Å². The summed E-state index contributed by atoms with van der Waals surface area (Å²) in [6.07, 6.45) is 0.590. The summed E-state index contributed by atoms with van der Waals surface area (Å²) in [5.41, 5.74) is 3.95. The van der Waals surface area contributed by atoms with Gasteiger partial charge in [-0.2, -0.15) is 5.10 Å². The Kier molecular flexibility index (Phi) is 6.02. The normalized spacial score (nSPS) is 12.9. The van der Waals surface area contributed by atoms with E-state index in [-0.39, 0.29) is 24.8 Å². The summed E-state index contributed by atoms with van der Waals surface area (Å²) in [6.45, 7) is 4.82. The number of amides is 1. The monoisotopic (exact) mass is 419 g/mol. The van der Waals surface area contributed by atoms with E-state index >= 15 is 0 Å². The van der Waals surface area contributed by atoms with Crippen molar-refractivity contribution in [2.45, 2.75) is 26.8 Å². The fourth-order valence-electron chi connectivity index (χ4n) is 3.65. The van der Waals surface area contributed by atoms with Crippen molar-refractivity contribution >= 4 is 11.9 Å². The van der Waals surface area contributed by atoms with Gasteiger partial charge in [0.2, 0.25) is 0 Å². The molecule has 7 heteroatoms. The first-order chi connectivity index (χ1) is 15.1. The summed E-state index contributed by atoms with van der Waals surface area (Å²) in [5, 5.41) is 4.57. The quantitative estimate of drug-likeness (QED) is 0.573. The molecule has 0 aliphatic carbocycles. The lowest BCUT2D eigenvalue weighted by molar-refractivity contribution is -0.134. The van der Waals surface area contributed by atoms with Crippen LogP contribution in [0.4, 0.5) is 0 Å². The number of hydrogen-bond donors (Lipinski definition) is 0. The number of benzene rings is 2. The number of aromatic nitrogens is 2. The predicted octanol–water partition coefficient (Wildman–Crippen LogP) is 3.32. The zero-order valence-electron chi connectivity index (χ0n) is 17.7. The number of para-hydroxylation sites is 1. The Morgan fingerprint density at radius 1 is 1.06 bits per heavy atom. The van der Waals surface area contributed by atoms with Gasteiger partial charge in [-0.25, -0.2) is 9.48 Å². The molecule has 0 saturated carbocycles. The van der Waals surface area contributed by atoms with Crippen LogP contribution in [-0.2, 0) is 22.5 Å². The number of carbonyl (C=O) groups is 2. The molecule has 0 bridgehead atoms. The third kappa shape index (κ3) is 4.45. The highest BCUT2D eigenvalue weighted by atomic mass is 16.5. The Morgan fingerprint density at radius 2 is 1.81 bits per heavy atom. The largest absolute Gasteiger partial charge is 0.484 e. The topological polar surface area (TPSA) is 73.7 Å². The highest BCUT2D eigenvalue weighted by Crippen LogP contribution is 2.26. The van der Waals surface area contributed by atoms with Crippen LogP contribution in [0.25, 0.3) is 5.69 Å². The molecule has 2 heterocycles. The summed E-state index contributed by atoms with van der Waals surface area (Å²) in [7, 11) is 0. The van der Waals surface area contributed by atoms with Gasteiger partial charge < -0.3 is 14.4 Å². The van der Waals surface area contributed by atoms with Gasteiger partial charge in [0.05, 0.1) is 24.5 Å². The molecule has 7 nitrogen and oxygen atoms in total. The minimum Gasteiger partial charge on any atom is -0.484 e. The van der Waals surface area contributed by atoms with E-state index in [1.54, 1.807) is 16.5 Å². The van der Waals surface area contributed by atoms with Gasteiger partial charge in [-0.1, -0.05) is 35.9 Å². The standard InChI is InChI=1S/C24H25N3O4/c1-3-30-24(29)23-20-15-26(22(28)16-31-19-7-5-4-6-8-19)14-13-21(20)27(25-23)18-11-9-17(2)10-12-18/h4-12H,3,13-16H2,1-2H3. The molecule has 0 radical (unpaired) electrons. The summed E-state index contributed by atoms with van der Waals surface area (Å²) in [5.74, 6) is 0.0415. The lowest BCUT2D eigenvalue weighted by Crippen LogP contribution is -2.39. The molecule has 0 unspecified atom stereocenters. The Balaban J connectivity index is 1.58. The highest BCUT2D eigenvalue weighted by Gasteiger charge is 2.31. The lowest BCUT2D eigenvalue weighted by atomic mass is 10.0. The first-order valence-corrected chi connectivity index (χ1v) is 10.4. The zero-order valence-corrected chi connectivity index (χ0v) is 17.7. The van der Waals surface area contributed by atoms with Crippen LogP contribution in [-0.4, -0.2) is 46.3 Å². The van der Waals surface area contributed by atoms with E-state index in [4.69, 9.17) is 9.47 Å². The minimum absolute atomic E-state index is 0.0554. The maximum absolute atomic E-state index is 12.8. The number of rotatable bonds is 6. The van der Waals surface area contributed by atoms with Crippen molar-refractivity contribution in [2.24, 2.45) is 0 Å².